The molecule has 164 valence electrons. The fourth-order valence-electron chi connectivity index (χ4n) is 2.85. The number of amides is 1. The van der Waals surface area contributed by atoms with E-state index >= 15 is 0 Å². The molecule has 0 aliphatic heterocycles. The molecule has 0 aliphatic rings. The topological polar surface area (TPSA) is 84.3 Å². The quantitative estimate of drug-likeness (QED) is 0.361. The van der Waals surface area contributed by atoms with Crippen LogP contribution in [0.5, 0.6) is 11.5 Å². The van der Waals surface area contributed by atoms with Crippen LogP contribution in [0, 0.1) is 0 Å². The van der Waals surface area contributed by atoms with Gasteiger partial charge in [0.1, 0.15) is 11.5 Å². The summed E-state index contributed by atoms with van der Waals surface area (Å²) in [6, 6.07) is 22.1. The number of rotatable bonds is 10. The summed E-state index contributed by atoms with van der Waals surface area (Å²) in [7, 11) is 0. The van der Waals surface area contributed by atoms with Gasteiger partial charge in [0.2, 0.25) is 0 Å². The van der Waals surface area contributed by atoms with Crippen molar-refractivity contribution < 1.29 is 14.3 Å². The molecule has 3 aromatic rings. The predicted molar refractivity (Wildman–Crippen MR) is 128 cm³/mol. The monoisotopic (exact) mass is 430 g/mol. The summed E-state index contributed by atoms with van der Waals surface area (Å²) in [5, 5.41) is 8.28. The van der Waals surface area contributed by atoms with Gasteiger partial charge >= 0.3 is 0 Å². The number of nitrogens with zero attached hydrogens (tertiary/aromatic N) is 2. The number of carbonyl (C=O) groups excluding carboxylic acids is 1. The van der Waals surface area contributed by atoms with Crippen molar-refractivity contribution in [2.75, 3.05) is 18.6 Å². The summed E-state index contributed by atoms with van der Waals surface area (Å²) in [5.74, 6) is 1.18. The van der Waals surface area contributed by atoms with E-state index < -0.39 is 0 Å². The molecule has 1 amide bonds. The van der Waals surface area contributed by atoms with Gasteiger partial charge < -0.3 is 9.47 Å². The average Bonchev–Trinajstić information content (AvgIpc) is 2.82. The van der Waals surface area contributed by atoms with E-state index in [1.54, 1.807) is 36.7 Å². The molecule has 0 saturated carbocycles. The van der Waals surface area contributed by atoms with Gasteiger partial charge in [-0.05, 0) is 62.4 Å². The number of benzene rings is 3. The molecule has 0 aromatic heterocycles. The van der Waals surface area contributed by atoms with Gasteiger partial charge in [0.15, 0.2) is 0 Å². The molecular formula is C25H26N4O3. The minimum Gasteiger partial charge on any atom is -0.493 e. The third-order valence-electron chi connectivity index (χ3n) is 4.35. The van der Waals surface area contributed by atoms with Gasteiger partial charge in [-0.15, -0.1) is 0 Å². The summed E-state index contributed by atoms with van der Waals surface area (Å²) in [5.41, 5.74) is 8.38. The minimum atomic E-state index is -0.309. The molecule has 32 heavy (non-hydrogen) atoms. The number of hydrogen-bond donors (Lipinski definition) is 2. The Morgan fingerprint density at radius 2 is 1.31 bits per heavy atom. The molecule has 0 bridgehead atoms. The molecule has 0 saturated heterocycles. The highest BCUT2D eigenvalue weighted by molar-refractivity contribution is 5.95. The van der Waals surface area contributed by atoms with Crippen LogP contribution in [-0.2, 0) is 0 Å². The Balaban J connectivity index is 1.56. The zero-order valence-electron chi connectivity index (χ0n) is 18.1. The van der Waals surface area contributed by atoms with E-state index in [9.17, 15) is 4.79 Å². The fourth-order valence-corrected chi connectivity index (χ4v) is 2.85. The molecule has 2 N–H and O–H groups in total. The number of carbonyl (C=O) groups is 1. The molecule has 0 heterocycles. The van der Waals surface area contributed by atoms with Crippen LogP contribution in [0.2, 0.25) is 0 Å². The molecule has 3 aromatic carbocycles. The number of nitrogens with one attached hydrogen (secondary N) is 2. The minimum absolute atomic E-state index is 0.309. The first-order valence-electron chi connectivity index (χ1n) is 10.4. The summed E-state index contributed by atoms with van der Waals surface area (Å²) >= 11 is 0. The van der Waals surface area contributed by atoms with Crippen LogP contribution >= 0.6 is 0 Å². The Labute approximate surface area is 187 Å². The molecular weight excluding hydrogens is 404 g/mol. The Hall–Kier alpha value is -4.13. The van der Waals surface area contributed by atoms with Gasteiger partial charge in [-0.1, -0.05) is 24.3 Å². The van der Waals surface area contributed by atoms with Gasteiger partial charge in [-0.25, -0.2) is 5.43 Å². The highest BCUT2D eigenvalue weighted by atomic mass is 16.5. The van der Waals surface area contributed by atoms with E-state index in [1.807, 2.05) is 62.4 Å². The Morgan fingerprint density at radius 3 is 1.88 bits per heavy atom. The molecule has 3 rings (SSSR count). The number of ether oxygens (including phenoxy) is 2. The van der Waals surface area contributed by atoms with Crippen molar-refractivity contribution in [3.8, 4) is 11.5 Å². The normalized spacial score (nSPS) is 10.9. The SMILES string of the molecule is CCOc1ccccc1C=NNC(=O)c1ccc(NN=Cc2ccccc2OCC)cc1. The third kappa shape index (κ3) is 6.43. The maximum Gasteiger partial charge on any atom is 0.271 e. The first-order valence-corrected chi connectivity index (χ1v) is 10.4. The Kier molecular flexibility index (Phi) is 8.39. The van der Waals surface area contributed by atoms with Crippen LogP contribution in [0.15, 0.2) is 83.0 Å². The van der Waals surface area contributed by atoms with Crippen molar-refractivity contribution >= 4 is 24.0 Å². The predicted octanol–water partition coefficient (Wildman–Crippen LogP) is 4.69. The number of hydrazone groups is 2. The molecule has 0 radical (unpaired) electrons. The molecule has 0 atom stereocenters. The maximum absolute atomic E-state index is 12.3. The first kappa shape index (κ1) is 22.6. The molecule has 0 aliphatic carbocycles. The van der Waals surface area contributed by atoms with Crippen molar-refractivity contribution in [2.24, 2.45) is 10.2 Å². The zero-order chi connectivity index (χ0) is 22.6. The first-order chi connectivity index (χ1) is 15.7. The van der Waals surface area contributed by atoms with E-state index in [4.69, 9.17) is 9.47 Å². The van der Waals surface area contributed by atoms with Crippen LogP contribution in [0.3, 0.4) is 0 Å². The zero-order valence-corrected chi connectivity index (χ0v) is 18.1. The molecule has 0 fully saturated rings. The van der Waals surface area contributed by atoms with Crippen molar-refractivity contribution in [1.29, 1.82) is 0 Å². The Morgan fingerprint density at radius 1 is 0.781 bits per heavy atom. The van der Waals surface area contributed by atoms with E-state index in [0.29, 0.717) is 24.5 Å². The van der Waals surface area contributed by atoms with E-state index in [-0.39, 0.29) is 5.91 Å². The molecule has 0 unspecified atom stereocenters. The second kappa shape index (κ2) is 11.9. The molecule has 0 spiro atoms. The van der Waals surface area contributed by atoms with Gasteiger partial charge in [0.25, 0.3) is 5.91 Å². The Bertz CT molecular complexity index is 1080. The second-order valence-electron chi connectivity index (χ2n) is 6.59. The summed E-state index contributed by atoms with van der Waals surface area (Å²) in [6.07, 6.45) is 3.26. The maximum atomic E-state index is 12.3. The van der Waals surface area contributed by atoms with Crippen LogP contribution in [-0.4, -0.2) is 31.6 Å². The van der Waals surface area contributed by atoms with Crippen LogP contribution < -0.4 is 20.3 Å². The lowest BCUT2D eigenvalue weighted by Crippen LogP contribution is -2.17. The van der Waals surface area contributed by atoms with Crippen molar-refractivity contribution in [2.45, 2.75) is 13.8 Å². The summed E-state index contributed by atoms with van der Waals surface area (Å²) in [6.45, 7) is 5.00. The largest absolute Gasteiger partial charge is 0.493 e. The van der Waals surface area contributed by atoms with Crippen LogP contribution in [0.1, 0.15) is 35.3 Å². The summed E-state index contributed by atoms with van der Waals surface area (Å²) in [4.78, 5) is 12.3. The second-order valence-corrected chi connectivity index (χ2v) is 6.59. The average molecular weight is 431 g/mol. The van der Waals surface area contributed by atoms with Crippen molar-refractivity contribution in [1.82, 2.24) is 5.43 Å². The van der Waals surface area contributed by atoms with E-state index in [0.717, 1.165) is 22.6 Å². The lowest BCUT2D eigenvalue weighted by atomic mass is 10.2. The van der Waals surface area contributed by atoms with Gasteiger partial charge in [0.05, 0.1) is 31.3 Å². The van der Waals surface area contributed by atoms with Crippen molar-refractivity contribution in [3.05, 3.63) is 89.5 Å². The number of para-hydroxylation sites is 2. The van der Waals surface area contributed by atoms with E-state index in [1.165, 1.54) is 0 Å². The van der Waals surface area contributed by atoms with Crippen LogP contribution in [0.25, 0.3) is 0 Å². The molecule has 7 nitrogen and oxygen atoms in total. The lowest BCUT2D eigenvalue weighted by molar-refractivity contribution is 0.0955. The molecule has 7 heteroatoms. The standard InChI is InChI=1S/C25H26N4O3/c1-3-31-23-11-7-5-9-20(23)17-26-28-22-15-13-19(14-16-22)25(30)29-27-18-21-10-6-8-12-24(21)32-4-2/h5-18,28H,3-4H2,1-2H3,(H,29,30). The third-order valence-corrected chi connectivity index (χ3v) is 4.35. The summed E-state index contributed by atoms with van der Waals surface area (Å²) < 4.78 is 11.1. The van der Waals surface area contributed by atoms with Crippen molar-refractivity contribution in [3.63, 3.8) is 0 Å². The van der Waals surface area contributed by atoms with E-state index in [2.05, 4.69) is 21.1 Å². The van der Waals surface area contributed by atoms with Crippen LogP contribution in [0.4, 0.5) is 5.69 Å². The van der Waals surface area contributed by atoms with Gasteiger partial charge in [-0.2, -0.15) is 10.2 Å². The number of anilines is 1. The lowest BCUT2D eigenvalue weighted by Gasteiger charge is -2.06. The number of hydrogen-bond acceptors (Lipinski definition) is 6. The highest BCUT2D eigenvalue weighted by Crippen LogP contribution is 2.17. The van der Waals surface area contributed by atoms with Gasteiger partial charge in [-0.3, -0.25) is 10.2 Å². The van der Waals surface area contributed by atoms with Gasteiger partial charge in [0, 0.05) is 16.7 Å². The smallest absolute Gasteiger partial charge is 0.271 e. The fraction of sp³-hybridized carbons (Fsp3) is 0.160. The highest BCUT2D eigenvalue weighted by Gasteiger charge is 2.05.